The lowest BCUT2D eigenvalue weighted by Crippen LogP contribution is -2.40. The van der Waals surface area contributed by atoms with E-state index in [1.54, 1.807) is 73.2 Å². The topological polar surface area (TPSA) is 79.1 Å². The molecule has 0 fully saturated rings. The summed E-state index contributed by atoms with van der Waals surface area (Å²) in [6.45, 7) is 2.16. The summed E-state index contributed by atoms with van der Waals surface area (Å²) in [6, 6.07) is 26.4. The molecule has 6 rings (SSSR count). The van der Waals surface area contributed by atoms with Gasteiger partial charge in [0.2, 0.25) is 0 Å². The standard InChI is InChI=1S/C36H27Cl3N2O5S/c1-3-45-35(43)31-32(23-7-5-4-6-8-23)40-36-41(33(31)24-11-13-25(37)14-12-24)34(42)30(47-36)19-21-10-16-28(29(18-21)44-2)46-20-22-9-15-26(38)27(39)17-22/h4-19,33H,3,20H2,1-2H3/b30-19-/t33-/m0/s1. The summed E-state index contributed by atoms with van der Waals surface area (Å²) in [5.41, 5.74) is 3.39. The lowest BCUT2D eigenvalue weighted by atomic mass is 9.93. The van der Waals surface area contributed by atoms with E-state index in [1.807, 2.05) is 42.5 Å². The van der Waals surface area contributed by atoms with E-state index in [0.29, 0.717) is 52.7 Å². The van der Waals surface area contributed by atoms with E-state index in [-0.39, 0.29) is 24.3 Å². The third-order valence-corrected chi connectivity index (χ3v) is 9.40. The Bertz CT molecular complexity index is 2180. The van der Waals surface area contributed by atoms with Crippen molar-refractivity contribution in [2.75, 3.05) is 13.7 Å². The fraction of sp³-hybridized carbons (Fsp3) is 0.139. The number of ether oxygens (including phenoxy) is 3. The predicted molar refractivity (Wildman–Crippen MR) is 186 cm³/mol. The summed E-state index contributed by atoms with van der Waals surface area (Å²) >= 11 is 19.6. The van der Waals surface area contributed by atoms with Crippen molar-refractivity contribution in [3.63, 3.8) is 0 Å². The maximum absolute atomic E-state index is 14.2. The van der Waals surface area contributed by atoms with Crippen molar-refractivity contribution < 1.29 is 19.0 Å². The molecule has 0 amide bonds. The second-order valence-electron chi connectivity index (χ2n) is 10.4. The molecule has 7 nitrogen and oxygen atoms in total. The Hall–Kier alpha value is -4.34. The number of hydrogen-bond donors (Lipinski definition) is 0. The number of nitrogens with zero attached hydrogens (tertiary/aromatic N) is 2. The first-order valence-corrected chi connectivity index (χ1v) is 16.5. The van der Waals surface area contributed by atoms with Gasteiger partial charge in [-0.1, -0.05) is 101 Å². The second-order valence-corrected chi connectivity index (χ2v) is 12.7. The number of methoxy groups -OCH3 is 1. The van der Waals surface area contributed by atoms with E-state index in [9.17, 15) is 9.59 Å². The summed E-state index contributed by atoms with van der Waals surface area (Å²) in [5.74, 6) is 0.457. The Morgan fingerprint density at radius 3 is 2.40 bits per heavy atom. The number of rotatable bonds is 9. The van der Waals surface area contributed by atoms with Crippen LogP contribution in [0.25, 0.3) is 11.8 Å². The first-order valence-electron chi connectivity index (χ1n) is 14.6. The monoisotopic (exact) mass is 704 g/mol. The number of esters is 1. The highest BCUT2D eigenvalue weighted by molar-refractivity contribution is 7.07. The SMILES string of the molecule is CCOC(=O)C1=C(c2ccccc2)N=c2s/c(=C\c3ccc(OCc4ccc(Cl)c(Cl)c4)c(OC)c3)c(=O)n2[C@H]1c1ccc(Cl)cc1. The molecule has 0 bridgehead atoms. The van der Waals surface area contributed by atoms with Crippen molar-refractivity contribution in [1.82, 2.24) is 4.57 Å². The van der Waals surface area contributed by atoms with Gasteiger partial charge < -0.3 is 14.2 Å². The molecule has 4 aromatic carbocycles. The Balaban J connectivity index is 1.45. The van der Waals surface area contributed by atoms with E-state index in [4.69, 9.17) is 54.0 Å². The number of aromatic nitrogens is 1. The number of carbonyl (C=O) groups excluding carboxylic acids is 1. The van der Waals surface area contributed by atoms with Crippen LogP contribution in [-0.2, 0) is 16.1 Å². The smallest absolute Gasteiger partial charge is 0.338 e. The molecule has 47 heavy (non-hydrogen) atoms. The van der Waals surface area contributed by atoms with Gasteiger partial charge >= 0.3 is 5.97 Å². The molecule has 0 radical (unpaired) electrons. The summed E-state index contributed by atoms with van der Waals surface area (Å²) < 4.78 is 19.1. The molecule has 1 atom stereocenters. The fourth-order valence-electron chi connectivity index (χ4n) is 5.24. The highest BCUT2D eigenvalue weighted by Crippen LogP contribution is 2.36. The van der Waals surface area contributed by atoms with Gasteiger partial charge in [0.1, 0.15) is 6.61 Å². The maximum Gasteiger partial charge on any atom is 0.338 e. The van der Waals surface area contributed by atoms with E-state index >= 15 is 0 Å². The molecule has 0 saturated heterocycles. The first kappa shape index (κ1) is 32.6. The lowest BCUT2D eigenvalue weighted by molar-refractivity contribution is -0.138. The van der Waals surface area contributed by atoms with Crippen LogP contribution in [-0.4, -0.2) is 24.3 Å². The third kappa shape index (κ3) is 6.87. The largest absolute Gasteiger partial charge is 0.493 e. The van der Waals surface area contributed by atoms with Gasteiger partial charge in [-0.3, -0.25) is 9.36 Å². The molecule has 0 unspecified atom stereocenters. The number of hydrogen-bond acceptors (Lipinski definition) is 7. The van der Waals surface area contributed by atoms with Crippen molar-refractivity contribution in [3.05, 3.63) is 154 Å². The van der Waals surface area contributed by atoms with E-state index in [0.717, 1.165) is 11.1 Å². The lowest BCUT2D eigenvalue weighted by Gasteiger charge is -2.25. The molecule has 0 N–H and O–H groups in total. The molecule has 11 heteroatoms. The van der Waals surface area contributed by atoms with Crippen LogP contribution in [0, 0.1) is 0 Å². The van der Waals surface area contributed by atoms with E-state index in [2.05, 4.69) is 0 Å². The minimum Gasteiger partial charge on any atom is -0.493 e. The fourth-order valence-corrected chi connectivity index (χ4v) is 6.68. The zero-order valence-electron chi connectivity index (χ0n) is 25.2. The zero-order valence-corrected chi connectivity index (χ0v) is 28.3. The van der Waals surface area contributed by atoms with Gasteiger partial charge in [-0.05, 0) is 66.1 Å². The number of benzene rings is 4. The van der Waals surface area contributed by atoms with Gasteiger partial charge in [0.05, 0.1) is 45.6 Å². The summed E-state index contributed by atoms with van der Waals surface area (Å²) in [5, 5.41) is 1.44. The van der Waals surface area contributed by atoms with Crippen molar-refractivity contribution in [3.8, 4) is 11.5 Å². The molecular weight excluding hydrogens is 679 g/mol. The van der Waals surface area contributed by atoms with Crippen molar-refractivity contribution >= 4 is 63.9 Å². The second kappa shape index (κ2) is 14.2. The van der Waals surface area contributed by atoms with Gasteiger partial charge in [0.25, 0.3) is 5.56 Å². The summed E-state index contributed by atoms with van der Waals surface area (Å²) in [7, 11) is 1.55. The van der Waals surface area contributed by atoms with Crippen molar-refractivity contribution in [2.24, 2.45) is 4.99 Å². The van der Waals surface area contributed by atoms with Gasteiger partial charge in [-0.2, -0.15) is 0 Å². The van der Waals surface area contributed by atoms with Crippen LogP contribution in [0.5, 0.6) is 11.5 Å². The highest BCUT2D eigenvalue weighted by Gasteiger charge is 2.35. The molecule has 1 aliphatic rings. The van der Waals surface area contributed by atoms with Crippen LogP contribution in [0.15, 0.2) is 106 Å². The quantitative estimate of drug-likeness (QED) is 0.149. The van der Waals surface area contributed by atoms with Gasteiger partial charge in [0, 0.05) is 10.6 Å². The molecule has 1 aromatic heterocycles. The average Bonchev–Trinajstić information content (AvgIpc) is 3.39. The van der Waals surface area contributed by atoms with E-state index in [1.165, 1.54) is 11.3 Å². The molecule has 238 valence electrons. The number of fused-ring (bicyclic) bond motifs is 1. The van der Waals surface area contributed by atoms with Gasteiger partial charge in [-0.15, -0.1) is 0 Å². The molecule has 0 spiro atoms. The molecule has 0 saturated carbocycles. The average molecular weight is 706 g/mol. The van der Waals surface area contributed by atoms with Crippen LogP contribution in [0.3, 0.4) is 0 Å². The summed E-state index contributed by atoms with van der Waals surface area (Å²) in [6.07, 6.45) is 1.77. The third-order valence-electron chi connectivity index (χ3n) is 7.42. The highest BCUT2D eigenvalue weighted by atomic mass is 35.5. The number of thiazole rings is 1. The Morgan fingerprint density at radius 1 is 0.936 bits per heavy atom. The van der Waals surface area contributed by atoms with Crippen molar-refractivity contribution in [2.45, 2.75) is 19.6 Å². The number of halogens is 3. The van der Waals surface area contributed by atoms with Crippen LogP contribution >= 0.6 is 46.1 Å². The number of carbonyl (C=O) groups is 1. The van der Waals surface area contributed by atoms with Crippen molar-refractivity contribution in [1.29, 1.82) is 0 Å². The molecule has 0 aliphatic carbocycles. The minimum atomic E-state index is -0.799. The van der Waals surface area contributed by atoms with Gasteiger partial charge in [0.15, 0.2) is 16.3 Å². The molecular formula is C36H27Cl3N2O5S. The van der Waals surface area contributed by atoms with Crippen LogP contribution < -0.4 is 24.4 Å². The van der Waals surface area contributed by atoms with Crippen LogP contribution in [0.1, 0.15) is 35.2 Å². The first-order chi connectivity index (χ1) is 22.8. The van der Waals surface area contributed by atoms with Gasteiger partial charge in [-0.25, -0.2) is 9.79 Å². The van der Waals surface area contributed by atoms with Crippen LogP contribution in [0.4, 0.5) is 0 Å². The maximum atomic E-state index is 14.2. The minimum absolute atomic E-state index is 0.164. The Labute approximate surface area is 289 Å². The van der Waals surface area contributed by atoms with Crippen LogP contribution in [0.2, 0.25) is 15.1 Å². The molecule has 2 heterocycles. The molecule has 1 aliphatic heterocycles. The Morgan fingerprint density at radius 2 is 1.70 bits per heavy atom. The molecule has 5 aromatic rings. The van der Waals surface area contributed by atoms with E-state index < -0.39 is 12.0 Å². The normalized spacial score (nSPS) is 14.4. The zero-order chi connectivity index (χ0) is 33.1. The summed E-state index contributed by atoms with van der Waals surface area (Å²) in [4.78, 5) is 33.1. The predicted octanol–water partition coefficient (Wildman–Crippen LogP) is 7.48. The Kier molecular flexibility index (Phi) is 9.84.